The van der Waals surface area contributed by atoms with Crippen LogP contribution in [0.15, 0.2) is 34.3 Å². The molecule has 0 unspecified atom stereocenters. The molecule has 0 aliphatic heterocycles. The van der Waals surface area contributed by atoms with E-state index >= 15 is 0 Å². The molecule has 4 nitrogen and oxygen atoms in total. The Morgan fingerprint density at radius 2 is 1.45 bits per heavy atom. The molecule has 1 rings (SSSR count). The summed E-state index contributed by atoms with van der Waals surface area (Å²) in [5.41, 5.74) is 1.99. The second kappa shape index (κ2) is 8.35. The van der Waals surface area contributed by atoms with Gasteiger partial charge in [0.1, 0.15) is 0 Å². The number of carbonyl (C=O) groups excluding carboxylic acids is 2. The summed E-state index contributed by atoms with van der Waals surface area (Å²) in [6, 6.07) is 0. The van der Waals surface area contributed by atoms with E-state index in [4.69, 9.17) is 9.47 Å². The van der Waals surface area contributed by atoms with Crippen LogP contribution in [-0.2, 0) is 19.1 Å². The van der Waals surface area contributed by atoms with Crippen molar-refractivity contribution in [3.8, 4) is 0 Å². The summed E-state index contributed by atoms with van der Waals surface area (Å²) in [5, 5.41) is 0. The maximum absolute atomic E-state index is 12.2. The molecule has 0 radical (unpaired) electrons. The van der Waals surface area contributed by atoms with Gasteiger partial charge in [0.15, 0.2) is 0 Å². The van der Waals surface area contributed by atoms with Crippen molar-refractivity contribution in [2.24, 2.45) is 0 Å². The molecule has 0 saturated carbocycles. The summed E-state index contributed by atoms with van der Waals surface area (Å²) in [4.78, 5) is 24.2. The number of Topliss-reactive ketones (excluding diaryl/α,β-unsaturated/α-hetero) is 2. The number of allylic oxidation sites excluding steroid dienone is 4. The van der Waals surface area contributed by atoms with Crippen LogP contribution in [0.5, 0.6) is 0 Å². The van der Waals surface area contributed by atoms with E-state index in [1.165, 1.54) is 14.2 Å². The van der Waals surface area contributed by atoms with Crippen LogP contribution >= 0.6 is 0 Å². The Morgan fingerprint density at radius 1 is 1.00 bits per heavy atom. The molecule has 0 aromatic heterocycles. The quantitative estimate of drug-likeness (QED) is 0.584. The molecule has 0 heterocycles. The third kappa shape index (κ3) is 3.83. The Hall–Kier alpha value is -1.84. The molecule has 0 atom stereocenters. The van der Waals surface area contributed by atoms with Gasteiger partial charge < -0.3 is 9.47 Å². The Bertz CT molecular complexity index is 475. The molecule has 0 fully saturated rings. The zero-order chi connectivity index (χ0) is 13.9. The van der Waals surface area contributed by atoms with Gasteiger partial charge in [0.25, 0.3) is 0 Å². The normalized spacial score (nSPS) is 14.4. The maximum Gasteiger partial charge on any atom is 0.228 e. The average molecular weight is 282 g/mol. The van der Waals surface area contributed by atoms with Crippen molar-refractivity contribution in [3.05, 3.63) is 34.3 Å². The lowest BCUT2D eigenvalue weighted by atomic mass is 9.90. The maximum atomic E-state index is 12.2. The molecular formula is C16H26O4. The Balaban J connectivity index is 0. The number of ether oxygens (including phenoxy) is 2. The van der Waals surface area contributed by atoms with Gasteiger partial charge >= 0.3 is 0 Å². The molecule has 0 spiro atoms. The zero-order valence-electron chi connectivity index (χ0n) is 11.4. The fraction of sp³-hybridized carbons (Fsp3) is 0.500. The summed E-state index contributed by atoms with van der Waals surface area (Å²) < 4.78 is 9.95. The van der Waals surface area contributed by atoms with Crippen LogP contribution in [0.2, 0.25) is 0 Å². The molecule has 0 aromatic rings. The van der Waals surface area contributed by atoms with Gasteiger partial charge in [-0.2, -0.15) is 0 Å². The molecule has 0 saturated heterocycles. The molecule has 0 amide bonds. The van der Waals surface area contributed by atoms with Crippen LogP contribution < -0.4 is 0 Å². The fourth-order valence-electron chi connectivity index (χ4n) is 1.74. The summed E-state index contributed by atoms with van der Waals surface area (Å²) in [7, 11) is 2.71. The van der Waals surface area contributed by atoms with Crippen molar-refractivity contribution in [2.45, 2.75) is 42.0 Å². The first-order chi connectivity index (χ1) is 8.43. The molecule has 1 aliphatic carbocycles. The van der Waals surface area contributed by atoms with E-state index in [2.05, 4.69) is 0 Å². The molecular weight excluding hydrogens is 256 g/mol. The largest absolute Gasteiger partial charge is 0.489 e. The highest BCUT2D eigenvalue weighted by atomic mass is 16.5. The van der Waals surface area contributed by atoms with E-state index < -0.39 is 0 Å². The molecule has 1 aliphatic rings. The van der Waals surface area contributed by atoms with Crippen LogP contribution in [0, 0.1) is 0 Å². The number of carbonyl (C=O) groups is 2. The van der Waals surface area contributed by atoms with Gasteiger partial charge in [-0.1, -0.05) is 26.5 Å². The Labute approximate surface area is 122 Å². The van der Waals surface area contributed by atoms with Crippen LogP contribution in [0.1, 0.15) is 42.0 Å². The van der Waals surface area contributed by atoms with Crippen LogP contribution in [0.25, 0.3) is 0 Å². The number of rotatable bonds is 4. The molecule has 0 aromatic carbocycles. The minimum absolute atomic E-state index is 0. The summed E-state index contributed by atoms with van der Waals surface area (Å²) in [5.74, 6) is -0.582. The van der Waals surface area contributed by atoms with E-state index in [9.17, 15) is 9.59 Å². The smallest absolute Gasteiger partial charge is 0.228 e. The van der Waals surface area contributed by atoms with Gasteiger partial charge in [-0.15, -0.1) is 0 Å². The Kier molecular flexibility index (Phi) is 8.55. The second-order valence-electron chi connectivity index (χ2n) is 4.31. The van der Waals surface area contributed by atoms with Crippen molar-refractivity contribution in [1.82, 2.24) is 0 Å². The third-order valence-electron chi connectivity index (χ3n) is 2.81. The number of hydrogen-bond donors (Lipinski definition) is 0. The van der Waals surface area contributed by atoms with Gasteiger partial charge in [0.05, 0.1) is 14.2 Å². The lowest BCUT2D eigenvalue weighted by Crippen LogP contribution is -2.24. The summed E-state index contributed by atoms with van der Waals surface area (Å²) in [6.45, 7) is 5.53. The molecule has 114 valence electrons. The van der Waals surface area contributed by atoms with E-state index in [1.807, 2.05) is 19.9 Å². The molecule has 20 heavy (non-hydrogen) atoms. The monoisotopic (exact) mass is 282 g/mol. The predicted octanol–water partition coefficient (Wildman–Crippen LogP) is 3.59. The van der Waals surface area contributed by atoms with Gasteiger partial charge in [0.2, 0.25) is 23.1 Å². The SMILES string of the molecule is C.C.COC1=C(OC)C(=O)C(CC=C(C)C)=C(C)C1=O. The van der Waals surface area contributed by atoms with E-state index in [-0.39, 0.29) is 37.9 Å². The summed E-state index contributed by atoms with van der Waals surface area (Å²) in [6.07, 6.45) is 2.34. The number of methoxy groups -OCH3 is 2. The van der Waals surface area contributed by atoms with E-state index in [1.54, 1.807) is 6.92 Å². The first kappa shape index (κ1) is 20.5. The average Bonchev–Trinajstić information content (AvgIpc) is 2.32. The minimum Gasteiger partial charge on any atom is -0.489 e. The Morgan fingerprint density at radius 3 is 1.85 bits per heavy atom. The minimum atomic E-state index is -0.286. The van der Waals surface area contributed by atoms with Crippen molar-refractivity contribution >= 4 is 11.6 Å². The highest BCUT2D eigenvalue weighted by molar-refractivity contribution is 6.23. The zero-order valence-corrected chi connectivity index (χ0v) is 11.4. The highest BCUT2D eigenvalue weighted by Gasteiger charge is 2.33. The van der Waals surface area contributed by atoms with Crippen molar-refractivity contribution in [1.29, 1.82) is 0 Å². The predicted molar refractivity (Wildman–Crippen MR) is 81.3 cm³/mol. The topological polar surface area (TPSA) is 52.6 Å². The van der Waals surface area contributed by atoms with Crippen LogP contribution in [0.3, 0.4) is 0 Å². The van der Waals surface area contributed by atoms with Crippen molar-refractivity contribution in [3.63, 3.8) is 0 Å². The van der Waals surface area contributed by atoms with Gasteiger partial charge in [-0.3, -0.25) is 9.59 Å². The van der Waals surface area contributed by atoms with Gasteiger partial charge in [-0.05, 0) is 27.2 Å². The standard InChI is InChI=1S/C14H18O4.2CH4/c1-8(2)6-7-10-9(3)11(15)13(17-4)14(18-5)12(10)16;;/h6H,7H2,1-5H3;2*1H4. The third-order valence-corrected chi connectivity index (χ3v) is 2.81. The van der Waals surface area contributed by atoms with E-state index in [0.29, 0.717) is 17.6 Å². The number of ketones is 2. The second-order valence-corrected chi connectivity index (χ2v) is 4.31. The lowest BCUT2D eigenvalue weighted by molar-refractivity contribution is -0.121. The first-order valence-corrected chi connectivity index (χ1v) is 5.68. The summed E-state index contributed by atoms with van der Waals surface area (Å²) >= 11 is 0. The molecule has 0 bridgehead atoms. The van der Waals surface area contributed by atoms with Crippen molar-refractivity contribution in [2.75, 3.05) is 14.2 Å². The fourth-order valence-corrected chi connectivity index (χ4v) is 1.74. The van der Waals surface area contributed by atoms with Gasteiger partial charge in [-0.25, -0.2) is 0 Å². The highest BCUT2D eigenvalue weighted by Crippen LogP contribution is 2.27. The lowest BCUT2D eigenvalue weighted by Gasteiger charge is -2.19. The van der Waals surface area contributed by atoms with Crippen molar-refractivity contribution < 1.29 is 19.1 Å². The van der Waals surface area contributed by atoms with Gasteiger partial charge in [0, 0.05) is 11.1 Å². The molecule has 0 N–H and O–H groups in total. The van der Waals surface area contributed by atoms with Crippen LogP contribution in [-0.4, -0.2) is 25.8 Å². The number of hydrogen-bond acceptors (Lipinski definition) is 4. The molecule has 4 heteroatoms. The van der Waals surface area contributed by atoms with E-state index in [0.717, 1.165) is 5.57 Å². The van der Waals surface area contributed by atoms with Crippen LogP contribution in [0.4, 0.5) is 0 Å². The first-order valence-electron chi connectivity index (χ1n) is 5.68.